The van der Waals surface area contributed by atoms with E-state index in [9.17, 15) is 0 Å². The Balaban J connectivity index is 2.24. The van der Waals surface area contributed by atoms with Crippen molar-refractivity contribution in [2.45, 2.75) is 33.7 Å². The first-order chi connectivity index (χ1) is 11.2. The molecule has 0 spiro atoms. The third-order valence-corrected chi connectivity index (χ3v) is 3.22. The minimum absolute atomic E-state index is 0.620. The number of nitrogens with one attached hydrogen (secondary N) is 2. The van der Waals surface area contributed by atoms with Gasteiger partial charge in [-0.25, -0.2) is 0 Å². The summed E-state index contributed by atoms with van der Waals surface area (Å²) < 4.78 is 12.4. The summed E-state index contributed by atoms with van der Waals surface area (Å²) in [6.45, 7) is 11.3. The van der Waals surface area contributed by atoms with Crippen LogP contribution in [0.1, 0.15) is 24.7 Å². The van der Waals surface area contributed by atoms with Gasteiger partial charge in [-0.1, -0.05) is 0 Å². The largest absolute Gasteiger partial charge is 0.382 e. The van der Waals surface area contributed by atoms with Crippen LogP contribution in [-0.2, 0) is 16.0 Å². The maximum atomic E-state index is 5.42. The SMILES string of the molecule is CCNC(=NCCCn1nc(C)cc1C)NCCOCCOC. The quantitative estimate of drug-likeness (QED) is 0.362. The van der Waals surface area contributed by atoms with Crippen molar-refractivity contribution in [1.29, 1.82) is 0 Å². The summed E-state index contributed by atoms with van der Waals surface area (Å²) >= 11 is 0. The molecule has 0 saturated carbocycles. The summed E-state index contributed by atoms with van der Waals surface area (Å²) in [5.41, 5.74) is 2.26. The number of rotatable bonds is 11. The first-order valence-electron chi connectivity index (χ1n) is 8.27. The van der Waals surface area contributed by atoms with Crippen LogP contribution in [0.3, 0.4) is 0 Å². The van der Waals surface area contributed by atoms with E-state index < -0.39 is 0 Å². The molecule has 23 heavy (non-hydrogen) atoms. The Morgan fingerprint density at radius 1 is 1.26 bits per heavy atom. The lowest BCUT2D eigenvalue weighted by Gasteiger charge is -2.11. The number of nitrogens with zero attached hydrogens (tertiary/aromatic N) is 3. The zero-order valence-corrected chi connectivity index (χ0v) is 14.9. The van der Waals surface area contributed by atoms with Crippen LogP contribution >= 0.6 is 0 Å². The van der Waals surface area contributed by atoms with Crippen molar-refractivity contribution in [3.05, 3.63) is 17.5 Å². The third kappa shape index (κ3) is 8.56. The number of hydrogen-bond acceptors (Lipinski definition) is 4. The molecule has 1 aromatic rings. The topological polar surface area (TPSA) is 72.7 Å². The summed E-state index contributed by atoms with van der Waals surface area (Å²) in [5.74, 6) is 0.830. The number of guanidine groups is 1. The fraction of sp³-hybridized carbons (Fsp3) is 0.750. The van der Waals surface area contributed by atoms with Gasteiger partial charge in [0.25, 0.3) is 0 Å². The van der Waals surface area contributed by atoms with Crippen LogP contribution in [0.5, 0.6) is 0 Å². The van der Waals surface area contributed by atoms with Crippen molar-refractivity contribution in [2.24, 2.45) is 4.99 Å². The van der Waals surface area contributed by atoms with Crippen LogP contribution in [0.25, 0.3) is 0 Å². The lowest BCUT2D eigenvalue weighted by molar-refractivity contribution is 0.0733. The highest BCUT2D eigenvalue weighted by Gasteiger charge is 2.00. The van der Waals surface area contributed by atoms with Gasteiger partial charge in [0, 0.05) is 39.0 Å². The fourth-order valence-electron chi connectivity index (χ4n) is 2.14. The number of aromatic nitrogens is 2. The van der Waals surface area contributed by atoms with Gasteiger partial charge < -0.3 is 20.1 Å². The van der Waals surface area contributed by atoms with E-state index in [0.29, 0.717) is 19.8 Å². The van der Waals surface area contributed by atoms with E-state index in [2.05, 4.69) is 40.6 Å². The molecule has 1 aromatic heterocycles. The molecule has 0 aliphatic heterocycles. The smallest absolute Gasteiger partial charge is 0.191 e. The summed E-state index contributed by atoms with van der Waals surface area (Å²) in [6, 6.07) is 2.10. The average molecular weight is 325 g/mol. The van der Waals surface area contributed by atoms with Crippen molar-refractivity contribution >= 4 is 5.96 Å². The molecule has 0 bridgehead atoms. The van der Waals surface area contributed by atoms with Crippen molar-refractivity contribution in [2.75, 3.05) is 46.6 Å². The number of hydrogen-bond donors (Lipinski definition) is 2. The standard InChI is InChI=1S/C16H31N5O2/c1-5-17-16(19-8-10-23-12-11-22-4)18-7-6-9-21-15(3)13-14(2)20-21/h13H,5-12H2,1-4H3,(H2,17,18,19). The Hall–Kier alpha value is -1.60. The third-order valence-electron chi connectivity index (χ3n) is 3.22. The zero-order valence-electron chi connectivity index (χ0n) is 14.9. The highest BCUT2D eigenvalue weighted by atomic mass is 16.5. The molecule has 0 amide bonds. The van der Waals surface area contributed by atoms with Gasteiger partial charge in [0.05, 0.1) is 25.5 Å². The van der Waals surface area contributed by atoms with Crippen LogP contribution in [0.4, 0.5) is 0 Å². The Kier molecular flexibility index (Phi) is 10.1. The van der Waals surface area contributed by atoms with Crippen molar-refractivity contribution in [1.82, 2.24) is 20.4 Å². The molecule has 132 valence electrons. The predicted octanol–water partition coefficient (Wildman–Crippen LogP) is 1.11. The molecular formula is C16H31N5O2. The Bertz CT molecular complexity index is 459. The number of aliphatic imine (C=N–C) groups is 1. The molecule has 0 radical (unpaired) electrons. The van der Waals surface area contributed by atoms with E-state index in [1.165, 1.54) is 5.69 Å². The molecule has 1 rings (SSSR count). The monoisotopic (exact) mass is 325 g/mol. The predicted molar refractivity (Wildman–Crippen MR) is 93.0 cm³/mol. The minimum Gasteiger partial charge on any atom is -0.382 e. The molecule has 0 atom stereocenters. The second-order valence-electron chi connectivity index (χ2n) is 5.30. The Morgan fingerprint density at radius 3 is 2.74 bits per heavy atom. The summed E-state index contributed by atoms with van der Waals surface area (Å²) in [7, 11) is 1.67. The van der Waals surface area contributed by atoms with E-state index in [4.69, 9.17) is 9.47 Å². The summed E-state index contributed by atoms with van der Waals surface area (Å²) in [4.78, 5) is 4.57. The molecule has 0 saturated heterocycles. The second kappa shape index (κ2) is 11.9. The van der Waals surface area contributed by atoms with E-state index in [-0.39, 0.29) is 0 Å². The molecular weight excluding hydrogens is 294 g/mol. The van der Waals surface area contributed by atoms with Gasteiger partial charge in [-0.15, -0.1) is 0 Å². The zero-order chi connectivity index (χ0) is 16.9. The molecule has 2 N–H and O–H groups in total. The maximum absolute atomic E-state index is 5.42. The van der Waals surface area contributed by atoms with Gasteiger partial charge in [-0.2, -0.15) is 5.10 Å². The first-order valence-corrected chi connectivity index (χ1v) is 8.27. The molecule has 0 unspecified atom stereocenters. The number of ether oxygens (including phenoxy) is 2. The number of methoxy groups -OCH3 is 1. The lowest BCUT2D eigenvalue weighted by Crippen LogP contribution is -2.39. The van der Waals surface area contributed by atoms with Crippen LogP contribution < -0.4 is 10.6 Å². The highest BCUT2D eigenvalue weighted by molar-refractivity contribution is 5.79. The number of aryl methyl sites for hydroxylation is 3. The molecule has 1 heterocycles. The van der Waals surface area contributed by atoms with Gasteiger partial charge in [-0.05, 0) is 33.3 Å². The minimum atomic E-state index is 0.620. The van der Waals surface area contributed by atoms with Gasteiger partial charge in [0.1, 0.15) is 0 Å². The average Bonchev–Trinajstić information content (AvgIpc) is 2.84. The van der Waals surface area contributed by atoms with Crippen molar-refractivity contribution in [3.63, 3.8) is 0 Å². The summed E-state index contributed by atoms with van der Waals surface area (Å²) in [5, 5.41) is 11.0. The molecule has 7 heteroatoms. The van der Waals surface area contributed by atoms with Crippen LogP contribution in [0.15, 0.2) is 11.1 Å². The second-order valence-corrected chi connectivity index (χ2v) is 5.30. The summed E-state index contributed by atoms with van der Waals surface area (Å²) in [6.07, 6.45) is 0.961. The molecule has 0 aromatic carbocycles. The molecule has 7 nitrogen and oxygen atoms in total. The van der Waals surface area contributed by atoms with Gasteiger partial charge in [-0.3, -0.25) is 9.67 Å². The van der Waals surface area contributed by atoms with E-state index in [1.54, 1.807) is 7.11 Å². The van der Waals surface area contributed by atoms with E-state index in [0.717, 1.165) is 44.3 Å². The fourth-order valence-corrected chi connectivity index (χ4v) is 2.14. The van der Waals surface area contributed by atoms with E-state index >= 15 is 0 Å². The van der Waals surface area contributed by atoms with Crippen LogP contribution in [0, 0.1) is 13.8 Å². The van der Waals surface area contributed by atoms with Crippen molar-refractivity contribution in [3.8, 4) is 0 Å². The van der Waals surface area contributed by atoms with Crippen LogP contribution in [0.2, 0.25) is 0 Å². The maximum Gasteiger partial charge on any atom is 0.191 e. The Labute approximate surface area is 139 Å². The molecule has 0 aliphatic rings. The molecule has 0 aliphatic carbocycles. The van der Waals surface area contributed by atoms with E-state index in [1.807, 2.05) is 11.6 Å². The van der Waals surface area contributed by atoms with Crippen molar-refractivity contribution < 1.29 is 9.47 Å². The highest BCUT2D eigenvalue weighted by Crippen LogP contribution is 2.02. The lowest BCUT2D eigenvalue weighted by atomic mass is 10.4. The first kappa shape index (κ1) is 19.4. The Morgan fingerprint density at radius 2 is 2.09 bits per heavy atom. The van der Waals surface area contributed by atoms with Gasteiger partial charge in [0.15, 0.2) is 5.96 Å². The molecule has 0 fully saturated rings. The van der Waals surface area contributed by atoms with Gasteiger partial charge >= 0.3 is 0 Å². The van der Waals surface area contributed by atoms with Gasteiger partial charge in [0.2, 0.25) is 0 Å². The normalized spacial score (nSPS) is 11.7. The van der Waals surface area contributed by atoms with Crippen LogP contribution in [-0.4, -0.2) is 62.3 Å².